The molecule has 0 spiro atoms. The molecule has 0 radical (unpaired) electrons. The van der Waals surface area contributed by atoms with E-state index in [4.69, 9.17) is 9.47 Å². The van der Waals surface area contributed by atoms with E-state index in [0.29, 0.717) is 5.75 Å². The number of rotatable bonds is 5. The Bertz CT molecular complexity index is 756. The van der Waals surface area contributed by atoms with Crippen LogP contribution in [0.3, 0.4) is 0 Å². The minimum Gasteiger partial charge on any atom is -0.490 e. The monoisotopic (exact) mass is 371 g/mol. The summed E-state index contributed by atoms with van der Waals surface area (Å²) in [4.78, 5) is 30.6. The van der Waals surface area contributed by atoms with Gasteiger partial charge in [-0.25, -0.2) is 9.59 Å². The van der Waals surface area contributed by atoms with E-state index in [1.807, 2.05) is 30.3 Å². The van der Waals surface area contributed by atoms with Gasteiger partial charge in [-0.3, -0.25) is 9.88 Å². The molecule has 0 bridgehead atoms. The van der Waals surface area contributed by atoms with E-state index in [1.54, 1.807) is 24.5 Å². The van der Waals surface area contributed by atoms with Crippen molar-refractivity contribution in [1.82, 2.24) is 14.8 Å². The van der Waals surface area contributed by atoms with E-state index in [9.17, 15) is 14.7 Å². The highest BCUT2D eigenvalue weighted by atomic mass is 16.6. The van der Waals surface area contributed by atoms with Gasteiger partial charge in [0.15, 0.2) is 0 Å². The number of pyridine rings is 1. The second kappa shape index (κ2) is 8.88. The lowest BCUT2D eigenvalue weighted by atomic mass is 10.2. The van der Waals surface area contributed by atoms with Gasteiger partial charge >= 0.3 is 12.2 Å². The summed E-state index contributed by atoms with van der Waals surface area (Å²) in [5.41, 5.74) is 0.887. The first-order valence-electron chi connectivity index (χ1n) is 8.61. The summed E-state index contributed by atoms with van der Waals surface area (Å²) in [6.07, 6.45) is 1.70. The zero-order valence-corrected chi connectivity index (χ0v) is 14.7. The molecule has 1 aliphatic rings. The molecule has 1 atom stereocenters. The molecule has 0 aliphatic carbocycles. The number of nitrogens with zero attached hydrogens (tertiary/aromatic N) is 3. The van der Waals surface area contributed by atoms with Gasteiger partial charge in [0.05, 0.1) is 12.2 Å². The summed E-state index contributed by atoms with van der Waals surface area (Å²) in [7, 11) is 0. The molecule has 2 heterocycles. The average Bonchev–Trinajstić information content (AvgIpc) is 2.71. The van der Waals surface area contributed by atoms with E-state index in [0.717, 1.165) is 5.56 Å². The molecule has 1 unspecified atom stereocenters. The lowest BCUT2D eigenvalue weighted by molar-refractivity contribution is 0.0287. The molecule has 0 saturated carbocycles. The van der Waals surface area contributed by atoms with Crippen LogP contribution in [0.4, 0.5) is 9.59 Å². The van der Waals surface area contributed by atoms with Crippen LogP contribution in [0.1, 0.15) is 5.56 Å². The van der Waals surface area contributed by atoms with Gasteiger partial charge in [-0.15, -0.1) is 0 Å². The van der Waals surface area contributed by atoms with E-state index >= 15 is 0 Å². The Morgan fingerprint density at radius 1 is 1.15 bits per heavy atom. The fourth-order valence-electron chi connectivity index (χ4n) is 2.84. The lowest BCUT2D eigenvalue weighted by Gasteiger charge is -2.39. The summed E-state index contributed by atoms with van der Waals surface area (Å²) >= 11 is 0. The topological polar surface area (TPSA) is 92.2 Å². The summed E-state index contributed by atoms with van der Waals surface area (Å²) in [5.74, 6) is 0.558. The molecule has 1 saturated heterocycles. The smallest absolute Gasteiger partial charge is 0.410 e. The summed E-state index contributed by atoms with van der Waals surface area (Å²) in [5, 5.41) is 9.26. The Kier molecular flexibility index (Phi) is 6.09. The van der Waals surface area contributed by atoms with Crippen LogP contribution in [0.2, 0.25) is 0 Å². The van der Waals surface area contributed by atoms with Crippen LogP contribution < -0.4 is 4.74 Å². The molecular weight excluding hydrogens is 350 g/mol. The Balaban J connectivity index is 1.62. The predicted molar refractivity (Wildman–Crippen MR) is 96.5 cm³/mol. The van der Waals surface area contributed by atoms with Gasteiger partial charge in [-0.1, -0.05) is 30.3 Å². The summed E-state index contributed by atoms with van der Waals surface area (Å²) in [6, 6.07) is 12.4. The molecule has 142 valence electrons. The van der Waals surface area contributed by atoms with Crippen molar-refractivity contribution < 1.29 is 24.2 Å². The van der Waals surface area contributed by atoms with Crippen LogP contribution >= 0.6 is 0 Å². The third-order valence-corrected chi connectivity index (χ3v) is 4.27. The first-order valence-corrected chi connectivity index (χ1v) is 8.61. The molecule has 1 fully saturated rings. The maximum Gasteiger partial charge on any atom is 0.410 e. The SMILES string of the molecule is O=C(O)N1CCN(C(=O)OCc2ccccc2)C(COc2cccnc2)C1. The second-order valence-electron chi connectivity index (χ2n) is 6.12. The van der Waals surface area contributed by atoms with Crippen molar-refractivity contribution >= 4 is 12.2 Å². The fraction of sp³-hybridized carbons (Fsp3) is 0.316. The van der Waals surface area contributed by atoms with Gasteiger partial charge < -0.3 is 19.5 Å². The number of carbonyl (C=O) groups excluding carboxylic acids is 1. The molecule has 1 N–H and O–H groups in total. The molecule has 3 rings (SSSR count). The van der Waals surface area contributed by atoms with E-state index in [1.165, 1.54) is 9.80 Å². The van der Waals surface area contributed by atoms with Gasteiger partial charge in [-0.05, 0) is 17.7 Å². The molecule has 2 amide bonds. The normalized spacial score (nSPS) is 16.7. The largest absolute Gasteiger partial charge is 0.490 e. The number of carbonyl (C=O) groups is 2. The fourth-order valence-corrected chi connectivity index (χ4v) is 2.84. The van der Waals surface area contributed by atoms with E-state index in [-0.39, 0.29) is 32.8 Å². The van der Waals surface area contributed by atoms with Crippen molar-refractivity contribution in [3.05, 3.63) is 60.4 Å². The predicted octanol–water partition coefficient (Wildman–Crippen LogP) is 2.46. The number of aromatic nitrogens is 1. The first kappa shape index (κ1) is 18.5. The molecule has 8 nitrogen and oxygen atoms in total. The lowest BCUT2D eigenvalue weighted by Crippen LogP contribution is -2.58. The van der Waals surface area contributed by atoms with Crippen LogP contribution in [0.5, 0.6) is 5.75 Å². The van der Waals surface area contributed by atoms with E-state index < -0.39 is 18.2 Å². The van der Waals surface area contributed by atoms with Gasteiger partial charge in [0.2, 0.25) is 0 Å². The number of piperazine rings is 1. The minimum absolute atomic E-state index is 0.149. The van der Waals surface area contributed by atoms with Crippen LogP contribution in [0.25, 0.3) is 0 Å². The molecular formula is C19H21N3O5. The van der Waals surface area contributed by atoms with Crippen LogP contribution in [-0.4, -0.2) is 64.4 Å². The third-order valence-electron chi connectivity index (χ3n) is 4.27. The van der Waals surface area contributed by atoms with Crippen molar-refractivity contribution in [3.63, 3.8) is 0 Å². The van der Waals surface area contributed by atoms with Crippen molar-refractivity contribution in [2.75, 3.05) is 26.2 Å². The highest BCUT2D eigenvalue weighted by Crippen LogP contribution is 2.15. The standard InChI is InChI=1S/C19H21N3O5/c23-18(24)21-9-10-22(19(25)27-13-15-5-2-1-3-6-15)16(12-21)14-26-17-7-4-8-20-11-17/h1-8,11,16H,9-10,12-14H2,(H,23,24). The number of amides is 2. The van der Waals surface area contributed by atoms with Crippen LogP contribution in [0.15, 0.2) is 54.9 Å². The number of ether oxygens (including phenoxy) is 2. The van der Waals surface area contributed by atoms with Gasteiger partial charge in [0.25, 0.3) is 0 Å². The van der Waals surface area contributed by atoms with Crippen LogP contribution in [-0.2, 0) is 11.3 Å². The molecule has 1 aromatic heterocycles. The van der Waals surface area contributed by atoms with Crippen molar-refractivity contribution in [3.8, 4) is 5.75 Å². The first-order chi connectivity index (χ1) is 13.1. The molecule has 8 heteroatoms. The van der Waals surface area contributed by atoms with Crippen molar-refractivity contribution in [2.45, 2.75) is 12.6 Å². The number of hydrogen-bond donors (Lipinski definition) is 1. The van der Waals surface area contributed by atoms with Crippen molar-refractivity contribution in [1.29, 1.82) is 0 Å². The number of hydrogen-bond acceptors (Lipinski definition) is 5. The van der Waals surface area contributed by atoms with E-state index in [2.05, 4.69) is 4.98 Å². The third kappa shape index (κ3) is 5.10. The maximum atomic E-state index is 12.5. The van der Waals surface area contributed by atoms with Gasteiger partial charge in [0.1, 0.15) is 19.0 Å². The molecule has 1 aromatic carbocycles. The Labute approximate surface area is 156 Å². The number of benzene rings is 1. The quantitative estimate of drug-likeness (QED) is 0.868. The van der Waals surface area contributed by atoms with Gasteiger partial charge in [-0.2, -0.15) is 0 Å². The highest BCUT2D eigenvalue weighted by Gasteiger charge is 2.34. The second-order valence-corrected chi connectivity index (χ2v) is 6.12. The Hall–Kier alpha value is -3.29. The Morgan fingerprint density at radius 3 is 2.67 bits per heavy atom. The summed E-state index contributed by atoms with van der Waals surface area (Å²) < 4.78 is 11.1. The molecule has 27 heavy (non-hydrogen) atoms. The van der Waals surface area contributed by atoms with Crippen LogP contribution in [0, 0.1) is 0 Å². The number of carboxylic acid groups (broad SMARTS) is 1. The Morgan fingerprint density at radius 2 is 1.96 bits per heavy atom. The summed E-state index contributed by atoms with van der Waals surface area (Å²) in [6.45, 7) is 0.959. The molecule has 2 aromatic rings. The van der Waals surface area contributed by atoms with Crippen molar-refractivity contribution in [2.24, 2.45) is 0 Å². The maximum absolute atomic E-state index is 12.5. The highest BCUT2D eigenvalue weighted by molar-refractivity contribution is 5.70. The molecule has 1 aliphatic heterocycles. The zero-order valence-electron chi connectivity index (χ0n) is 14.7. The average molecular weight is 371 g/mol. The van der Waals surface area contributed by atoms with Gasteiger partial charge in [0, 0.05) is 25.8 Å². The minimum atomic E-state index is -1.02. The zero-order chi connectivity index (χ0) is 19.1.